The van der Waals surface area contributed by atoms with Gasteiger partial charge >= 0.3 is 0 Å². The summed E-state index contributed by atoms with van der Waals surface area (Å²) in [5.74, 6) is 0.502. The highest BCUT2D eigenvalue weighted by Gasteiger charge is 2.12. The first kappa shape index (κ1) is 15.8. The van der Waals surface area contributed by atoms with Crippen LogP contribution in [0.5, 0.6) is 11.5 Å². The van der Waals surface area contributed by atoms with Gasteiger partial charge in [-0.05, 0) is 31.2 Å². The van der Waals surface area contributed by atoms with Gasteiger partial charge in [-0.1, -0.05) is 22.0 Å². The maximum Gasteiger partial charge on any atom is 0.127 e. The molecule has 0 spiro atoms. The lowest BCUT2D eigenvalue weighted by molar-refractivity contribution is 0.404. The van der Waals surface area contributed by atoms with Gasteiger partial charge in [0.05, 0.1) is 7.11 Å². The van der Waals surface area contributed by atoms with Gasteiger partial charge in [-0.2, -0.15) is 0 Å². The summed E-state index contributed by atoms with van der Waals surface area (Å²) < 4.78 is 19.6. The molecule has 0 heterocycles. The molecule has 2 N–H and O–H groups in total. The van der Waals surface area contributed by atoms with Gasteiger partial charge in [0, 0.05) is 34.3 Å². The lowest BCUT2D eigenvalue weighted by Gasteiger charge is -2.16. The fraction of sp³-hybridized carbons (Fsp3) is 0.250. The Hall–Kier alpha value is -1.59. The average molecular weight is 354 g/mol. The fourth-order valence-corrected chi connectivity index (χ4v) is 2.48. The average Bonchev–Trinajstić information content (AvgIpc) is 2.47. The SMILES string of the molecule is COc1ccc(C(C)NCc2cc(Br)ccc2F)c(O)c1. The number of hydrogen-bond donors (Lipinski definition) is 2. The molecule has 5 heteroatoms. The van der Waals surface area contributed by atoms with Crippen LogP contribution in [0.4, 0.5) is 4.39 Å². The third-order valence-electron chi connectivity index (χ3n) is 3.31. The molecule has 112 valence electrons. The molecule has 0 aromatic heterocycles. The highest BCUT2D eigenvalue weighted by Crippen LogP contribution is 2.28. The van der Waals surface area contributed by atoms with Gasteiger partial charge in [-0.3, -0.25) is 0 Å². The van der Waals surface area contributed by atoms with Crippen molar-refractivity contribution in [2.24, 2.45) is 0 Å². The zero-order valence-electron chi connectivity index (χ0n) is 11.9. The van der Waals surface area contributed by atoms with Crippen molar-refractivity contribution in [1.29, 1.82) is 0 Å². The van der Waals surface area contributed by atoms with E-state index in [1.54, 1.807) is 37.4 Å². The Bertz CT molecular complexity index is 634. The van der Waals surface area contributed by atoms with Gasteiger partial charge < -0.3 is 15.2 Å². The third kappa shape index (κ3) is 3.95. The monoisotopic (exact) mass is 353 g/mol. The number of hydrogen-bond acceptors (Lipinski definition) is 3. The van der Waals surface area contributed by atoms with E-state index in [-0.39, 0.29) is 17.6 Å². The highest BCUT2D eigenvalue weighted by atomic mass is 79.9. The lowest BCUT2D eigenvalue weighted by Crippen LogP contribution is -2.19. The van der Waals surface area contributed by atoms with Crippen LogP contribution < -0.4 is 10.1 Å². The predicted molar refractivity (Wildman–Crippen MR) is 84.0 cm³/mol. The Morgan fingerprint density at radius 3 is 2.71 bits per heavy atom. The first-order valence-electron chi connectivity index (χ1n) is 6.55. The van der Waals surface area contributed by atoms with E-state index in [9.17, 15) is 9.50 Å². The molecule has 0 bridgehead atoms. The number of rotatable bonds is 5. The predicted octanol–water partition coefficient (Wildman–Crippen LogP) is 4.15. The Morgan fingerprint density at radius 2 is 2.05 bits per heavy atom. The molecule has 0 aliphatic carbocycles. The van der Waals surface area contributed by atoms with E-state index in [4.69, 9.17) is 4.74 Å². The van der Waals surface area contributed by atoms with Crippen LogP contribution >= 0.6 is 15.9 Å². The maximum absolute atomic E-state index is 13.7. The van der Waals surface area contributed by atoms with Crippen molar-refractivity contribution < 1.29 is 14.2 Å². The van der Waals surface area contributed by atoms with E-state index in [0.29, 0.717) is 17.9 Å². The molecule has 1 atom stereocenters. The van der Waals surface area contributed by atoms with E-state index in [0.717, 1.165) is 10.0 Å². The number of methoxy groups -OCH3 is 1. The van der Waals surface area contributed by atoms with Crippen molar-refractivity contribution in [3.63, 3.8) is 0 Å². The molecule has 0 saturated carbocycles. The van der Waals surface area contributed by atoms with Crippen LogP contribution in [-0.4, -0.2) is 12.2 Å². The molecule has 0 aliphatic heterocycles. The second kappa shape index (κ2) is 6.91. The minimum atomic E-state index is -0.253. The Labute approximate surface area is 131 Å². The van der Waals surface area contributed by atoms with Gasteiger partial charge in [0.1, 0.15) is 17.3 Å². The van der Waals surface area contributed by atoms with Crippen LogP contribution in [0.25, 0.3) is 0 Å². The number of ether oxygens (including phenoxy) is 1. The second-order valence-electron chi connectivity index (χ2n) is 4.76. The first-order valence-corrected chi connectivity index (χ1v) is 7.34. The summed E-state index contributed by atoms with van der Waals surface area (Å²) in [6.45, 7) is 2.29. The van der Waals surface area contributed by atoms with Crippen LogP contribution in [-0.2, 0) is 6.54 Å². The minimum Gasteiger partial charge on any atom is -0.507 e. The van der Waals surface area contributed by atoms with Crippen molar-refractivity contribution in [3.05, 3.63) is 57.8 Å². The largest absolute Gasteiger partial charge is 0.507 e. The molecule has 0 fully saturated rings. The van der Waals surface area contributed by atoms with Crippen LogP contribution in [0.15, 0.2) is 40.9 Å². The molecular formula is C16H17BrFNO2. The third-order valence-corrected chi connectivity index (χ3v) is 3.80. The Morgan fingerprint density at radius 1 is 1.29 bits per heavy atom. The van der Waals surface area contributed by atoms with Gasteiger partial charge in [0.25, 0.3) is 0 Å². The van der Waals surface area contributed by atoms with Crippen molar-refractivity contribution >= 4 is 15.9 Å². The molecular weight excluding hydrogens is 337 g/mol. The highest BCUT2D eigenvalue weighted by molar-refractivity contribution is 9.10. The lowest BCUT2D eigenvalue weighted by atomic mass is 10.1. The van der Waals surface area contributed by atoms with Crippen LogP contribution in [0, 0.1) is 5.82 Å². The normalized spacial score (nSPS) is 12.2. The summed E-state index contributed by atoms with van der Waals surface area (Å²) in [7, 11) is 1.55. The molecule has 2 aromatic rings. The van der Waals surface area contributed by atoms with Crippen LogP contribution in [0.2, 0.25) is 0 Å². The summed E-state index contributed by atoms with van der Waals surface area (Å²) in [5.41, 5.74) is 1.32. The maximum atomic E-state index is 13.7. The summed E-state index contributed by atoms with van der Waals surface area (Å²) >= 11 is 3.33. The van der Waals surface area contributed by atoms with E-state index in [2.05, 4.69) is 21.2 Å². The number of halogens is 2. The molecule has 21 heavy (non-hydrogen) atoms. The first-order chi connectivity index (χ1) is 10.0. The van der Waals surface area contributed by atoms with Gasteiger partial charge in [-0.25, -0.2) is 4.39 Å². The summed E-state index contributed by atoms with van der Waals surface area (Å²) in [4.78, 5) is 0. The van der Waals surface area contributed by atoms with Gasteiger partial charge in [0.2, 0.25) is 0 Å². The molecule has 0 saturated heterocycles. The molecule has 2 aromatic carbocycles. The fourth-order valence-electron chi connectivity index (χ4n) is 2.07. The van der Waals surface area contributed by atoms with Gasteiger partial charge in [-0.15, -0.1) is 0 Å². The van der Waals surface area contributed by atoms with Crippen molar-refractivity contribution in [2.75, 3.05) is 7.11 Å². The van der Waals surface area contributed by atoms with E-state index in [1.807, 2.05) is 6.92 Å². The Balaban J connectivity index is 2.08. The number of phenolic OH excluding ortho intramolecular Hbond substituents is 1. The molecule has 0 radical (unpaired) electrons. The number of phenols is 1. The zero-order valence-corrected chi connectivity index (χ0v) is 13.4. The van der Waals surface area contributed by atoms with E-state index >= 15 is 0 Å². The van der Waals surface area contributed by atoms with Crippen LogP contribution in [0.1, 0.15) is 24.1 Å². The zero-order chi connectivity index (χ0) is 15.4. The number of aromatic hydroxyl groups is 1. The van der Waals surface area contributed by atoms with Crippen molar-refractivity contribution in [3.8, 4) is 11.5 Å². The summed E-state index contributed by atoms with van der Waals surface area (Å²) in [6, 6.07) is 9.86. The number of benzene rings is 2. The summed E-state index contributed by atoms with van der Waals surface area (Å²) in [5, 5.41) is 13.2. The molecule has 2 rings (SSSR count). The van der Waals surface area contributed by atoms with Gasteiger partial charge in [0.15, 0.2) is 0 Å². The topological polar surface area (TPSA) is 41.5 Å². The van der Waals surface area contributed by atoms with E-state index < -0.39 is 0 Å². The van der Waals surface area contributed by atoms with Crippen LogP contribution in [0.3, 0.4) is 0 Å². The van der Waals surface area contributed by atoms with E-state index in [1.165, 1.54) is 6.07 Å². The number of nitrogens with one attached hydrogen (secondary N) is 1. The quantitative estimate of drug-likeness (QED) is 0.848. The van der Waals surface area contributed by atoms with Crippen molar-refractivity contribution in [2.45, 2.75) is 19.5 Å². The molecule has 0 aliphatic rings. The van der Waals surface area contributed by atoms with Crippen molar-refractivity contribution in [1.82, 2.24) is 5.32 Å². The molecule has 1 unspecified atom stereocenters. The summed E-state index contributed by atoms with van der Waals surface area (Å²) in [6.07, 6.45) is 0. The standard InChI is InChI=1S/C16H17BrFNO2/c1-10(14-5-4-13(21-2)8-16(14)20)19-9-11-7-12(17)3-6-15(11)18/h3-8,10,19-20H,9H2,1-2H3. The Kier molecular flexibility index (Phi) is 5.20. The molecule has 0 amide bonds. The minimum absolute atomic E-state index is 0.116. The molecule has 3 nitrogen and oxygen atoms in total. The smallest absolute Gasteiger partial charge is 0.127 e. The second-order valence-corrected chi connectivity index (χ2v) is 5.68.